The SMILES string of the molecule is CN1CCC(CCNC2CC3CCC(C2)N3C)CC1. The fraction of sp³-hybridized carbons (Fsp3) is 1.00. The zero-order valence-corrected chi connectivity index (χ0v) is 12.8. The number of piperidine rings is 2. The molecule has 110 valence electrons. The maximum Gasteiger partial charge on any atom is 0.0111 e. The van der Waals surface area contributed by atoms with Gasteiger partial charge in [0.1, 0.15) is 0 Å². The van der Waals surface area contributed by atoms with Crippen molar-refractivity contribution in [1.82, 2.24) is 15.1 Å². The van der Waals surface area contributed by atoms with Crippen LogP contribution >= 0.6 is 0 Å². The Morgan fingerprint density at radius 2 is 1.58 bits per heavy atom. The van der Waals surface area contributed by atoms with Crippen LogP contribution in [-0.4, -0.2) is 61.7 Å². The maximum absolute atomic E-state index is 3.86. The van der Waals surface area contributed by atoms with Crippen molar-refractivity contribution >= 4 is 0 Å². The predicted octanol–water partition coefficient (Wildman–Crippen LogP) is 1.93. The zero-order valence-electron chi connectivity index (χ0n) is 12.8. The highest BCUT2D eigenvalue weighted by atomic mass is 15.2. The Morgan fingerprint density at radius 3 is 2.21 bits per heavy atom. The molecule has 0 spiro atoms. The summed E-state index contributed by atoms with van der Waals surface area (Å²) in [5.74, 6) is 0.978. The molecule has 3 heterocycles. The van der Waals surface area contributed by atoms with Gasteiger partial charge in [-0.15, -0.1) is 0 Å². The van der Waals surface area contributed by atoms with Gasteiger partial charge in [0.25, 0.3) is 0 Å². The Bertz CT molecular complexity index is 272. The largest absolute Gasteiger partial charge is 0.314 e. The van der Waals surface area contributed by atoms with Crippen LogP contribution in [0.15, 0.2) is 0 Å². The van der Waals surface area contributed by atoms with Gasteiger partial charge in [-0.05, 0) is 84.6 Å². The van der Waals surface area contributed by atoms with Crippen molar-refractivity contribution in [2.75, 3.05) is 33.7 Å². The smallest absolute Gasteiger partial charge is 0.0111 e. The van der Waals surface area contributed by atoms with E-state index < -0.39 is 0 Å². The third-order valence-electron chi connectivity index (χ3n) is 5.92. The van der Waals surface area contributed by atoms with Crippen LogP contribution in [0.25, 0.3) is 0 Å². The standard InChI is InChI=1S/C16H31N3/c1-18-9-6-13(7-10-18)5-8-17-14-11-15-3-4-16(12-14)19(15)2/h13-17H,3-12H2,1-2H3. The van der Waals surface area contributed by atoms with Crippen LogP contribution < -0.4 is 5.32 Å². The summed E-state index contributed by atoms with van der Waals surface area (Å²) in [5.41, 5.74) is 0. The summed E-state index contributed by atoms with van der Waals surface area (Å²) in [6.45, 7) is 3.87. The number of nitrogens with zero attached hydrogens (tertiary/aromatic N) is 2. The lowest BCUT2D eigenvalue weighted by molar-refractivity contribution is 0.146. The molecule has 3 aliphatic heterocycles. The van der Waals surface area contributed by atoms with E-state index >= 15 is 0 Å². The number of hydrogen-bond acceptors (Lipinski definition) is 3. The molecule has 0 saturated carbocycles. The molecule has 3 fully saturated rings. The van der Waals surface area contributed by atoms with Gasteiger partial charge in [0.05, 0.1) is 0 Å². The molecular weight excluding hydrogens is 234 g/mol. The van der Waals surface area contributed by atoms with Crippen molar-refractivity contribution < 1.29 is 0 Å². The van der Waals surface area contributed by atoms with Crippen LogP contribution in [0.1, 0.15) is 44.9 Å². The van der Waals surface area contributed by atoms with Crippen LogP contribution in [0.5, 0.6) is 0 Å². The van der Waals surface area contributed by atoms with Crippen LogP contribution in [-0.2, 0) is 0 Å². The number of rotatable bonds is 4. The summed E-state index contributed by atoms with van der Waals surface area (Å²) >= 11 is 0. The lowest BCUT2D eigenvalue weighted by atomic mass is 9.93. The summed E-state index contributed by atoms with van der Waals surface area (Å²) in [7, 11) is 4.58. The van der Waals surface area contributed by atoms with Crippen molar-refractivity contribution in [2.45, 2.75) is 63.1 Å². The Hall–Kier alpha value is -0.120. The van der Waals surface area contributed by atoms with Gasteiger partial charge in [0.15, 0.2) is 0 Å². The summed E-state index contributed by atoms with van der Waals surface area (Å²) in [6, 6.07) is 2.55. The molecule has 0 aromatic heterocycles. The lowest BCUT2D eigenvalue weighted by Gasteiger charge is -2.37. The highest BCUT2D eigenvalue weighted by molar-refractivity contribution is 4.95. The van der Waals surface area contributed by atoms with Crippen LogP contribution in [0.4, 0.5) is 0 Å². The summed E-state index contributed by atoms with van der Waals surface area (Å²) in [6.07, 6.45) is 9.88. The highest BCUT2D eigenvalue weighted by Gasteiger charge is 2.38. The van der Waals surface area contributed by atoms with E-state index in [1.807, 2.05) is 0 Å². The first-order valence-electron chi connectivity index (χ1n) is 8.36. The van der Waals surface area contributed by atoms with Crippen molar-refractivity contribution in [2.24, 2.45) is 5.92 Å². The molecule has 0 aliphatic carbocycles. The van der Waals surface area contributed by atoms with E-state index in [4.69, 9.17) is 0 Å². The Kier molecular flexibility index (Phi) is 4.45. The number of hydrogen-bond donors (Lipinski definition) is 1. The van der Waals surface area contributed by atoms with Crippen LogP contribution in [0.3, 0.4) is 0 Å². The molecule has 3 aliphatic rings. The molecular formula is C16H31N3. The quantitative estimate of drug-likeness (QED) is 0.838. The molecule has 2 unspecified atom stereocenters. The van der Waals surface area contributed by atoms with Crippen LogP contribution in [0.2, 0.25) is 0 Å². The third-order valence-corrected chi connectivity index (χ3v) is 5.92. The van der Waals surface area contributed by atoms with Gasteiger partial charge in [-0.3, -0.25) is 0 Å². The molecule has 3 nitrogen and oxygen atoms in total. The molecule has 2 atom stereocenters. The van der Waals surface area contributed by atoms with E-state index in [-0.39, 0.29) is 0 Å². The summed E-state index contributed by atoms with van der Waals surface area (Å²) in [4.78, 5) is 5.10. The van der Waals surface area contributed by atoms with Crippen molar-refractivity contribution in [3.8, 4) is 0 Å². The molecule has 3 heteroatoms. The normalized spacial score (nSPS) is 37.9. The number of likely N-dealkylation sites (tertiary alicyclic amines) is 1. The molecule has 1 N–H and O–H groups in total. The van der Waals surface area contributed by atoms with E-state index in [9.17, 15) is 0 Å². The fourth-order valence-corrected chi connectivity index (χ4v) is 4.42. The van der Waals surface area contributed by atoms with Gasteiger partial charge in [0, 0.05) is 18.1 Å². The molecule has 0 aromatic carbocycles. The Balaban J connectivity index is 1.35. The second-order valence-electron chi connectivity index (χ2n) is 7.21. The monoisotopic (exact) mass is 265 g/mol. The molecule has 0 radical (unpaired) electrons. The molecule has 19 heavy (non-hydrogen) atoms. The van der Waals surface area contributed by atoms with Crippen molar-refractivity contribution in [3.05, 3.63) is 0 Å². The topological polar surface area (TPSA) is 18.5 Å². The van der Waals surface area contributed by atoms with Gasteiger partial charge in [-0.25, -0.2) is 0 Å². The molecule has 3 rings (SSSR count). The maximum atomic E-state index is 3.86. The number of nitrogens with one attached hydrogen (secondary N) is 1. The van der Waals surface area contributed by atoms with Gasteiger partial charge in [-0.1, -0.05) is 0 Å². The summed E-state index contributed by atoms with van der Waals surface area (Å²) < 4.78 is 0. The first-order chi connectivity index (χ1) is 9.22. The van der Waals surface area contributed by atoms with Crippen molar-refractivity contribution in [3.63, 3.8) is 0 Å². The molecule has 0 amide bonds. The van der Waals surface area contributed by atoms with E-state index in [1.165, 1.54) is 64.6 Å². The predicted molar refractivity (Wildman–Crippen MR) is 80.4 cm³/mol. The summed E-state index contributed by atoms with van der Waals surface area (Å²) in [5, 5.41) is 3.86. The highest BCUT2D eigenvalue weighted by Crippen LogP contribution is 2.34. The van der Waals surface area contributed by atoms with Gasteiger partial charge in [-0.2, -0.15) is 0 Å². The second kappa shape index (κ2) is 6.11. The average Bonchev–Trinajstić information content (AvgIpc) is 2.64. The van der Waals surface area contributed by atoms with E-state index in [1.54, 1.807) is 0 Å². The minimum absolute atomic E-state index is 0.806. The van der Waals surface area contributed by atoms with E-state index in [2.05, 4.69) is 29.2 Å². The third kappa shape index (κ3) is 3.32. The molecule has 3 saturated heterocycles. The van der Waals surface area contributed by atoms with Gasteiger partial charge >= 0.3 is 0 Å². The first-order valence-corrected chi connectivity index (χ1v) is 8.36. The molecule has 0 aromatic rings. The van der Waals surface area contributed by atoms with E-state index in [0.717, 1.165) is 24.0 Å². The lowest BCUT2D eigenvalue weighted by Crippen LogP contribution is -2.47. The van der Waals surface area contributed by atoms with Crippen LogP contribution in [0, 0.1) is 5.92 Å². The minimum Gasteiger partial charge on any atom is -0.314 e. The fourth-order valence-electron chi connectivity index (χ4n) is 4.42. The van der Waals surface area contributed by atoms with Gasteiger partial charge < -0.3 is 15.1 Å². The Morgan fingerprint density at radius 1 is 0.947 bits per heavy atom. The van der Waals surface area contributed by atoms with Crippen molar-refractivity contribution in [1.29, 1.82) is 0 Å². The van der Waals surface area contributed by atoms with E-state index in [0.29, 0.717) is 0 Å². The molecule has 2 bridgehead atoms. The number of fused-ring (bicyclic) bond motifs is 2. The van der Waals surface area contributed by atoms with Gasteiger partial charge in [0.2, 0.25) is 0 Å². The Labute approximate surface area is 118 Å². The average molecular weight is 265 g/mol. The second-order valence-corrected chi connectivity index (χ2v) is 7.21. The first kappa shape index (κ1) is 13.8. The minimum atomic E-state index is 0.806. The zero-order chi connectivity index (χ0) is 13.2.